The molecular formula is C17H27N3O2. The SMILES string of the molecule is CN=C(NCC(OC)c1ccccc1)N(C)CC1CCOC1. The predicted octanol–water partition coefficient (Wildman–Crippen LogP) is 1.92. The average Bonchev–Trinajstić information content (AvgIpc) is 3.05. The molecule has 0 amide bonds. The summed E-state index contributed by atoms with van der Waals surface area (Å²) in [5.74, 6) is 1.49. The summed E-state index contributed by atoms with van der Waals surface area (Å²) in [5, 5.41) is 3.40. The number of hydrogen-bond donors (Lipinski definition) is 1. The highest BCUT2D eigenvalue weighted by Gasteiger charge is 2.19. The Morgan fingerprint density at radius 1 is 1.45 bits per heavy atom. The summed E-state index contributed by atoms with van der Waals surface area (Å²) >= 11 is 0. The number of ether oxygens (including phenoxy) is 2. The van der Waals surface area contributed by atoms with Gasteiger partial charge in [-0.2, -0.15) is 0 Å². The molecule has 1 N–H and O–H groups in total. The maximum Gasteiger partial charge on any atom is 0.193 e. The molecule has 0 aliphatic carbocycles. The van der Waals surface area contributed by atoms with Crippen LogP contribution in [0.15, 0.2) is 35.3 Å². The fraction of sp³-hybridized carbons (Fsp3) is 0.588. The number of aliphatic imine (C=N–C) groups is 1. The van der Waals surface area contributed by atoms with Crippen molar-refractivity contribution in [1.82, 2.24) is 10.2 Å². The Kier molecular flexibility index (Phi) is 6.68. The first kappa shape index (κ1) is 16.8. The van der Waals surface area contributed by atoms with Gasteiger partial charge in [-0.1, -0.05) is 30.3 Å². The molecule has 0 aromatic heterocycles. The van der Waals surface area contributed by atoms with E-state index in [2.05, 4.69) is 34.4 Å². The number of nitrogens with zero attached hydrogens (tertiary/aromatic N) is 2. The Hall–Kier alpha value is -1.59. The van der Waals surface area contributed by atoms with E-state index in [4.69, 9.17) is 9.47 Å². The van der Waals surface area contributed by atoms with Crippen molar-refractivity contribution >= 4 is 5.96 Å². The van der Waals surface area contributed by atoms with Crippen LogP contribution < -0.4 is 5.32 Å². The van der Waals surface area contributed by atoms with Crippen molar-refractivity contribution < 1.29 is 9.47 Å². The van der Waals surface area contributed by atoms with E-state index in [1.165, 1.54) is 5.56 Å². The van der Waals surface area contributed by atoms with Gasteiger partial charge in [-0.05, 0) is 12.0 Å². The van der Waals surface area contributed by atoms with Gasteiger partial charge < -0.3 is 19.7 Å². The lowest BCUT2D eigenvalue weighted by Gasteiger charge is -2.26. The average molecular weight is 305 g/mol. The summed E-state index contributed by atoms with van der Waals surface area (Å²) in [6.45, 7) is 3.39. The Balaban J connectivity index is 1.86. The van der Waals surface area contributed by atoms with Crippen LogP contribution in [0.25, 0.3) is 0 Å². The molecule has 5 heteroatoms. The monoisotopic (exact) mass is 305 g/mol. The molecule has 1 fully saturated rings. The lowest BCUT2D eigenvalue weighted by Crippen LogP contribution is -2.43. The third-order valence-corrected chi connectivity index (χ3v) is 4.03. The maximum atomic E-state index is 5.59. The molecule has 1 saturated heterocycles. The Bertz CT molecular complexity index is 458. The molecule has 0 spiro atoms. The van der Waals surface area contributed by atoms with Crippen LogP contribution in [0.5, 0.6) is 0 Å². The topological polar surface area (TPSA) is 46.1 Å². The second-order valence-corrected chi connectivity index (χ2v) is 5.67. The summed E-state index contributed by atoms with van der Waals surface area (Å²) in [6, 6.07) is 10.2. The van der Waals surface area contributed by atoms with Gasteiger partial charge in [0.25, 0.3) is 0 Å². The van der Waals surface area contributed by atoms with E-state index in [-0.39, 0.29) is 6.10 Å². The number of nitrogens with one attached hydrogen (secondary N) is 1. The minimum atomic E-state index is 0.0150. The molecule has 122 valence electrons. The summed E-state index contributed by atoms with van der Waals surface area (Å²) in [4.78, 5) is 6.53. The normalized spacial score (nSPS) is 20.0. The highest BCUT2D eigenvalue weighted by Crippen LogP contribution is 2.16. The van der Waals surface area contributed by atoms with E-state index in [0.717, 1.165) is 32.1 Å². The highest BCUT2D eigenvalue weighted by atomic mass is 16.5. The van der Waals surface area contributed by atoms with Crippen LogP contribution in [-0.4, -0.2) is 58.4 Å². The molecule has 0 saturated carbocycles. The maximum absolute atomic E-state index is 5.59. The van der Waals surface area contributed by atoms with Crippen molar-refractivity contribution in [1.29, 1.82) is 0 Å². The van der Waals surface area contributed by atoms with E-state index in [9.17, 15) is 0 Å². The predicted molar refractivity (Wildman–Crippen MR) is 89.1 cm³/mol. The fourth-order valence-corrected chi connectivity index (χ4v) is 2.77. The Morgan fingerprint density at radius 3 is 2.82 bits per heavy atom. The molecular weight excluding hydrogens is 278 g/mol. The van der Waals surface area contributed by atoms with E-state index in [1.807, 2.05) is 25.2 Å². The van der Waals surface area contributed by atoms with Gasteiger partial charge in [0, 0.05) is 46.8 Å². The molecule has 22 heavy (non-hydrogen) atoms. The number of guanidine groups is 1. The van der Waals surface area contributed by atoms with Gasteiger partial charge in [0.1, 0.15) is 0 Å². The minimum absolute atomic E-state index is 0.0150. The minimum Gasteiger partial charge on any atom is -0.381 e. The molecule has 1 aromatic carbocycles. The first-order chi connectivity index (χ1) is 10.7. The van der Waals surface area contributed by atoms with E-state index >= 15 is 0 Å². The van der Waals surface area contributed by atoms with Crippen LogP contribution in [0.1, 0.15) is 18.1 Å². The van der Waals surface area contributed by atoms with Gasteiger partial charge in [-0.25, -0.2) is 0 Å². The molecule has 1 aromatic rings. The van der Waals surface area contributed by atoms with Crippen LogP contribution in [0.3, 0.4) is 0 Å². The quantitative estimate of drug-likeness (QED) is 0.644. The molecule has 0 bridgehead atoms. The smallest absolute Gasteiger partial charge is 0.193 e. The molecule has 0 radical (unpaired) electrons. The number of methoxy groups -OCH3 is 1. The van der Waals surface area contributed by atoms with E-state index in [1.54, 1.807) is 7.11 Å². The summed E-state index contributed by atoms with van der Waals surface area (Å²) in [7, 11) is 5.62. The summed E-state index contributed by atoms with van der Waals surface area (Å²) in [5.41, 5.74) is 1.17. The van der Waals surface area contributed by atoms with Crippen molar-refractivity contribution in [3.8, 4) is 0 Å². The Morgan fingerprint density at radius 2 is 2.23 bits per heavy atom. The van der Waals surface area contributed by atoms with Crippen molar-refractivity contribution in [2.45, 2.75) is 12.5 Å². The molecule has 1 aliphatic rings. The van der Waals surface area contributed by atoms with Crippen LogP contribution in [0, 0.1) is 5.92 Å². The molecule has 2 atom stereocenters. The zero-order valence-corrected chi connectivity index (χ0v) is 13.8. The molecule has 5 nitrogen and oxygen atoms in total. The van der Waals surface area contributed by atoms with Crippen molar-refractivity contribution in [3.63, 3.8) is 0 Å². The van der Waals surface area contributed by atoms with Gasteiger partial charge in [0.2, 0.25) is 0 Å². The second-order valence-electron chi connectivity index (χ2n) is 5.67. The lowest BCUT2D eigenvalue weighted by molar-refractivity contribution is 0.106. The van der Waals surface area contributed by atoms with E-state index in [0.29, 0.717) is 12.5 Å². The highest BCUT2D eigenvalue weighted by molar-refractivity contribution is 5.79. The van der Waals surface area contributed by atoms with Gasteiger partial charge in [-0.15, -0.1) is 0 Å². The molecule has 2 unspecified atom stereocenters. The second kappa shape index (κ2) is 8.76. The Labute approximate surface area is 133 Å². The summed E-state index contributed by atoms with van der Waals surface area (Å²) in [6.07, 6.45) is 1.15. The van der Waals surface area contributed by atoms with Crippen LogP contribution in [0.2, 0.25) is 0 Å². The largest absolute Gasteiger partial charge is 0.381 e. The number of benzene rings is 1. The third kappa shape index (κ3) is 4.71. The molecule has 2 rings (SSSR count). The van der Waals surface area contributed by atoms with Crippen LogP contribution >= 0.6 is 0 Å². The lowest BCUT2D eigenvalue weighted by atomic mass is 10.1. The van der Waals surface area contributed by atoms with Gasteiger partial charge in [0.05, 0.1) is 12.7 Å². The molecule has 1 aliphatic heterocycles. The first-order valence-electron chi connectivity index (χ1n) is 7.82. The van der Waals surface area contributed by atoms with Crippen LogP contribution in [0.4, 0.5) is 0 Å². The number of hydrogen-bond acceptors (Lipinski definition) is 3. The first-order valence-corrected chi connectivity index (χ1v) is 7.82. The van der Waals surface area contributed by atoms with Gasteiger partial charge in [0.15, 0.2) is 5.96 Å². The van der Waals surface area contributed by atoms with Crippen molar-refractivity contribution in [2.24, 2.45) is 10.9 Å². The van der Waals surface area contributed by atoms with Gasteiger partial charge in [-0.3, -0.25) is 4.99 Å². The van der Waals surface area contributed by atoms with Crippen LogP contribution in [-0.2, 0) is 9.47 Å². The zero-order chi connectivity index (χ0) is 15.8. The third-order valence-electron chi connectivity index (χ3n) is 4.03. The van der Waals surface area contributed by atoms with Crippen molar-refractivity contribution in [3.05, 3.63) is 35.9 Å². The summed E-state index contributed by atoms with van der Waals surface area (Å²) < 4.78 is 11.0. The van der Waals surface area contributed by atoms with Crippen molar-refractivity contribution in [2.75, 3.05) is 47.5 Å². The van der Waals surface area contributed by atoms with Gasteiger partial charge >= 0.3 is 0 Å². The molecule has 1 heterocycles. The zero-order valence-electron chi connectivity index (χ0n) is 13.8. The van der Waals surface area contributed by atoms with E-state index < -0.39 is 0 Å². The standard InChI is InChI=1S/C17H27N3O2/c1-18-17(20(2)12-14-9-10-22-13-14)19-11-16(21-3)15-7-5-4-6-8-15/h4-8,14,16H,9-13H2,1-3H3,(H,18,19). The fourth-order valence-electron chi connectivity index (χ4n) is 2.77. The number of rotatable bonds is 6.